The summed E-state index contributed by atoms with van der Waals surface area (Å²) in [4.78, 5) is 9.68. The Bertz CT molecular complexity index is 1320. The molecule has 0 aliphatic rings. The van der Waals surface area contributed by atoms with Crippen LogP contribution in [-0.2, 0) is 15.9 Å². The van der Waals surface area contributed by atoms with Crippen molar-refractivity contribution in [2.24, 2.45) is 9.98 Å². The van der Waals surface area contributed by atoms with Gasteiger partial charge in [-0.25, -0.2) is 8.78 Å². The van der Waals surface area contributed by atoms with E-state index in [1.165, 1.54) is 12.1 Å². The Morgan fingerprint density at radius 2 is 0.949 bits per heavy atom. The van der Waals surface area contributed by atoms with E-state index in [9.17, 15) is 8.78 Å². The average Bonchev–Trinajstić information content (AvgIpc) is 2.95. The predicted octanol–water partition coefficient (Wildman–Crippen LogP) is 10.5. The summed E-state index contributed by atoms with van der Waals surface area (Å²) in [5.74, 6) is -0.636. The fourth-order valence-electron chi connectivity index (χ4n) is 4.31. The molecular weight excluding hydrogens is 628 g/mol. The van der Waals surface area contributed by atoms with Crippen molar-refractivity contribution in [3.05, 3.63) is 131 Å². The maximum atomic E-state index is 14.2. The van der Waals surface area contributed by atoms with Crippen LogP contribution in [0.25, 0.3) is 0 Å². The average molecular weight is 658 g/mol. The van der Waals surface area contributed by atoms with Crippen molar-refractivity contribution in [3.8, 4) is 0 Å². The van der Waals surface area contributed by atoms with Gasteiger partial charge in [-0.3, -0.25) is 9.98 Å². The second-order valence-corrected chi connectivity index (χ2v) is 11.5. The van der Waals surface area contributed by atoms with E-state index in [1.54, 1.807) is 24.3 Å². The van der Waals surface area contributed by atoms with Gasteiger partial charge in [0.05, 0.1) is 22.8 Å². The van der Waals surface area contributed by atoms with Crippen molar-refractivity contribution in [1.29, 1.82) is 0 Å². The van der Waals surface area contributed by atoms with E-state index in [1.807, 2.05) is 74.5 Å². The van der Waals surface area contributed by atoms with Crippen LogP contribution in [0.15, 0.2) is 107 Å². The topological polar surface area (TPSA) is 24.7 Å². The molecule has 0 fully saturated rings. The van der Waals surface area contributed by atoms with Gasteiger partial charge >= 0.3 is 35.0 Å². The van der Waals surface area contributed by atoms with Gasteiger partial charge < -0.3 is 0 Å². The monoisotopic (exact) mass is 656 g/mol. The molecule has 2 unspecified atom stereocenters. The third-order valence-electron chi connectivity index (χ3n) is 6.61. The molecule has 4 aromatic carbocycles. The molecule has 206 valence electrons. The van der Waals surface area contributed by atoms with Gasteiger partial charge in [0.1, 0.15) is 11.6 Å². The van der Waals surface area contributed by atoms with Crippen molar-refractivity contribution < 1.29 is 24.7 Å². The first kappa shape index (κ1) is 30.9. The second kappa shape index (κ2) is 15.2. The molecule has 0 aliphatic heterocycles. The van der Waals surface area contributed by atoms with E-state index < -0.39 is 0 Å². The Morgan fingerprint density at radius 3 is 1.28 bits per heavy atom. The minimum absolute atomic E-state index is 0.0267. The van der Waals surface area contributed by atoms with Gasteiger partial charge in [-0.15, -0.1) is 0 Å². The molecule has 0 aromatic heterocycles. The van der Waals surface area contributed by atoms with Crippen LogP contribution in [0.1, 0.15) is 61.8 Å². The summed E-state index contributed by atoms with van der Waals surface area (Å²) in [6.45, 7) is 7.89. The molecule has 0 bridgehead atoms. The molecule has 4 aromatic rings. The third-order valence-corrected chi connectivity index (χ3v) is 6.61. The van der Waals surface area contributed by atoms with E-state index >= 15 is 0 Å². The number of hydrogen-bond acceptors (Lipinski definition) is 2. The van der Waals surface area contributed by atoms with Crippen LogP contribution in [0.4, 0.5) is 20.2 Å². The Hall–Kier alpha value is -2.68. The quantitative estimate of drug-likeness (QED) is 0.140. The summed E-state index contributed by atoms with van der Waals surface area (Å²) < 4.78 is 28.4. The number of benzene rings is 4. The molecule has 2 nitrogen and oxygen atoms in total. The zero-order valence-corrected chi connectivity index (χ0v) is 25.2. The predicted molar refractivity (Wildman–Crippen MR) is 158 cm³/mol. The Labute approximate surface area is 245 Å². The molecule has 0 saturated heterocycles. The fourth-order valence-corrected chi connectivity index (χ4v) is 4.31. The number of halogens is 4. The fraction of sp³-hybridized carbons (Fsp3) is 0.188. The summed E-state index contributed by atoms with van der Waals surface area (Å²) >= 11 is -0.106. The van der Waals surface area contributed by atoms with Crippen LogP contribution in [0.5, 0.6) is 0 Å². The van der Waals surface area contributed by atoms with Crippen LogP contribution in [0.2, 0.25) is 0 Å². The normalized spacial score (nSPS) is 13.4. The van der Waals surface area contributed by atoms with Crippen molar-refractivity contribution in [1.82, 2.24) is 0 Å². The molecule has 0 amide bonds. The van der Waals surface area contributed by atoms with Gasteiger partial charge in [-0.05, 0) is 72.5 Å². The summed E-state index contributed by atoms with van der Waals surface area (Å²) in [5, 5.41) is 0. The van der Waals surface area contributed by atoms with Crippen LogP contribution in [0.3, 0.4) is 0 Å². The van der Waals surface area contributed by atoms with Crippen molar-refractivity contribution >= 4 is 41.9 Å². The summed E-state index contributed by atoms with van der Waals surface area (Å²) in [5.41, 5.74) is 6.65. The molecule has 4 rings (SSSR count). The third kappa shape index (κ3) is 8.65. The molecular formula is C32H30Cl2F2N2Pd. The molecule has 0 aliphatic carbocycles. The van der Waals surface area contributed by atoms with Crippen molar-refractivity contribution in [2.45, 2.75) is 39.5 Å². The maximum absolute atomic E-state index is 14.2. The van der Waals surface area contributed by atoms with E-state index in [4.69, 9.17) is 29.0 Å². The van der Waals surface area contributed by atoms with Crippen molar-refractivity contribution in [2.75, 3.05) is 0 Å². The molecule has 0 radical (unpaired) electrons. The van der Waals surface area contributed by atoms with Crippen LogP contribution < -0.4 is 0 Å². The van der Waals surface area contributed by atoms with E-state index in [0.717, 1.165) is 22.3 Å². The molecule has 0 N–H and O–H groups in total. The molecule has 0 spiro atoms. The first-order chi connectivity index (χ1) is 18.7. The number of rotatable bonds is 7. The van der Waals surface area contributed by atoms with E-state index in [0.29, 0.717) is 22.8 Å². The Morgan fingerprint density at radius 1 is 0.615 bits per heavy atom. The Balaban J connectivity index is 0.00000134. The van der Waals surface area contributed by atoms with Gasteiger partial charge in [0.25, 0.3) is 0 Å². The standard InChI is InChI=1S/C32H30F2N2.2ClH.Pd/c1-21(25-11-7-5-8-12-25)29-19-27(33)15-17-31(29)35-23(3)24(4)36-32-18-16-28(34)20-30(32)22(2)26-13-9-6-10-14-26;;;/h5-22H,1-4H3;2*1H;/q;;;+2/p-2. The summed E-state index contributed by atoms with van der Waals surface area (Å²) in [6.07, 6.45) is 0. The number of aliphatic imine (C=N–C) groups is 2. The molecule has 7 heteroatoms. The number of nitrogens with zero attached hydrogens (tertiary/aromatic N) is 2. The minimum atomic E-state index is -0.291. The van der Waals surface area contributed by atoms with Crippen molar-refractivity contribution in [3.63, 3.8) is 0 Å². The van der Waals surface area contributed by atoms with Crippen LogP contribution >= 0.6 is 19.1 Å². The zero-order valence-electron chi connectivity index (χ0n) is 22.1. The van der Waals surface area contributed by atoms with Crippen LogP contribution in [0, 0.1) is 11.6 Å². The first-order valence-electron chi connectivity index (χ1n) is 12.4. The SMILES string of the molecule is CC(=Nc1ccc(F)cc1C(C)c1ccccc1)C(C)=Nc1ccc(F)cc1C(C)c1ccccc1.[Cl][Pd][Cl]. The van der Waals surface area contributed by atoms with E-state index in [2.05, 4.69) is 13.8 Å². The number of hydrogen-bond donors (Lipinski definition) is 0. The van der Waals surface area contributed by atoms with Gasteiger partial charge in [-0.2, -0.15) is 0 Å². The van der Waals surface area contributed by atoms with Gasteiger partial charge in [0, 0.05) is 11.8 Å². The van der Waals surface area contributed by atoms with E-state index in [-0.39, 0.29) is 39.4 Å². The van der Waals surface area contributed by atoms with Crippen LogP contribution in [-0.4, -0.2) is 11.4 Å². The first-order valence-corrected chi connectivity index (χ1v) is 16.4. The molecule has 2 atom stereocenters. The summed E-state index contributed by atoms with van der Waals surface area (Å²) in [7, 11) is 9.63. The summed E-state index contributed by atoms with van der Waals surface area (Å²) in [6, 6.07) is 29.4. The molecule has 0 saturated carbocycles. The molecule has 39 heavy (non-hydrogen) atoms. The Kier molecular flexibility index (Phi) is 12.0. The molecule has 0 heterocycles. The van der Waals surface area contributed by atoms with Gasteiger partial charge in [0.2, 0.25) is 0 Å². The van der Waals surface area contributed by atoms with Gasteiger partial charge in [0.15, 0.2) is 0 Å². The second-order valence-electron chi connectivity index (χ2n) is 9.11. The van der Waals surface area contributed by atoms with Gasteiger partial charge in [-0.1, -0.05) is 74.5 Å². The zero-order chi connectivity index (χ0) is 28.4.